The Morgan fingerprint density at radius 2 is 2.03 bits per heavy atom. The number of carbonyl (C=O) groups excluding carboxylic acids is 2. The molecule has 0 aliphatic carbocycles. The summed E-state index contributed by atoms with van der Waals surface area (Å²) in [4.78, 5) is 23.2. The first-order chi connectivity index (χ1) is 14.8. The lowest BCUT2D eigenvalue weighted by atomic mass is 9.84. The number of amides is 2. The standard InChI is InChI=1S/C22H22F2N4O2S/c1-13(29)25-10-9-15-12-26-20-6-4-3-5-18(20)22(15)28(14(2)30)27-21(31-22)17-11-16(23)7-8-19(17)24/h3-8,11,15,26H,9-10,12H2,1-2H3,(H,25,29). The summed E-state index contributed by atoms with van der Waals surface area (Å²) in [6, 6.07) is 10.8. The summed E-state index contributed by atoms with van der Waals surface area (Å²) >= 11 is 1.25. The predicted molar refractivity (Wildman–Crippen MR) is 116 cm³/mol. The Labute approximate surface area is 183 Å². The third-order valence-electron chi connectivity index (χ3n) is 5.49. The van der Waals surface area contributed by atoms with E-state index in [0.717, 1.165) is 29.4 Å². The van der Waals surface area contributed by atoms with Gasteiger partial charge in [-0.1, -0.05) is 30.0 Å². The number of benzene rings is 2. The number of hydrogen-bond donors (Lipinski definition) is 2. The van der Waals surface area contributed by atoms with Crippen molar-refractivity contribution in [3.63, 3.8) is 0 Å². The predicted octanol–water partition coefficient (Wildman–Crippen LogP) is 3.64. The SMILES string of the molecule is CC(=O)NCCC1CNc2ccccc2C12SC(c1cc(F)ccc1F)=NN2C(C)=O. The molecule has 31 heavy (non-hydrogen) atoms. The van der Waals surface area contributed by atoms with Gasteiger partial charge in [0.2, 0.25) is 11.8 Å². The molecule has 2 aliphatic heterocycles. The zero-order valence-electron chi connectivity index (χ0n) is 17.1. The van der Waals surface area contributed by atoms with Crippen LogP contribution in [0.2, 0.25) is 0 Å². The fourth-order valence-corrected chi connectivity index (χ4v) is 5.73. The van der Waals surface area contributed by atoms with E-state index in [2.05, 4.69) is 15.7 Å². The van der Waals surface area contributed by atoms with Gasteiger partial charge in [-0.3, -0.25) is 9.59 Å². The minimum Gasteiger partial charge on any atom is -0.384 e. The lowest BCUT2D eigenvalue weighted by Crippen LogP contribution is -2.51. The number of hydrazone groups is 1. The van der Waals surface area contributed by atoms with E-state index >= 15 is 0 Å². The van der Waals surface area contributed by atoms with Gasteiger partial charge >= 0.3 is 0 Å². The normalized spacial score (nSPS) is 22.0. The minimum atomic E-state index is -0.944. The second-order valence-corrected chi connectivity index (χ2v) is 8.77. The van der Waals surface area contributed by atoms with Gasteiger partial charge in [0.15, 0.2) is 0 Å². The van der Waals surface area contributed by atoms with E-state index in [1.807, 2.05) is 24.3 Å². The molecule has 0 fully saturated rings. The highest BCUT2D eigenvalue weighted by Crippen LogP contribution is 2.56. The van der Waals surface area contributed by atoms with Crippen molar-refractivity contribution in [1.82, 2.24) is 10.3 Å². The first-order valence-corrected chi connectivity index (χ1v) is 10.8. The van der Waals surface area contributed by atoms with Gasteiger partial charge in [-0.25, -0.2) is 13.8 Å². The van der Waals surface area contributed by atoms with Crippen LogP contribution in [0.1, 0.15) is 31.4 Å². The van der Waals surface area contributed by atoms with Gasteiger partial charge < -0.3 is 10.6 Å². The third kappa shape index (κ3) is 3.78. The Morgan fingerprint density at radius 1 is 1.26 bits per heavy atom. The van der Waals surface area contributed by atoms with Crippen LogP contribution in [0.5, 0.6) is 0 Å². The molecular weight excluding hydrogens is 422 g/mol. The number of thioether (sulfide) groups is 1. The molecule has 2 aromatic rings. The molecule has 2 atom stereocenters. The molecule has 0 saturated heterocycles. The van der Waals surface area contributed by atoms with Crippen LogP contribution in [0.25, 0.3) is 0 Å². The van der Waals surface area contributed by atoms with Gasteiger partial charge in [-0.05, 0) is 30.7 Å². The van der Waals surface area contributed by atoms with Crippen molar-refractivity contribution in [3.8, 4) is 0 Å². The number of para-hydroxylation sites is 1. The summed E-state index contributed by atoms with van der Waals surface area (Å²) in [7, 11) is 0. The first kappa shape index (κ1) is 21.3. The molecule has 1 spiro atoms. The van der Waals surface area contributed by atoms with Crippen LogP contribution in [0.3, 0.4) is 0 Å². The van der Waals surface area contributed by atoms with Crippen molar-refractivity contribution in [1.29, 1.82) is 0 Å². The second kappa shape index (κ2) is 8.30. The van der Waals surface area contributed by atoms with E-state index in [9.17, 15) is 18.4 Å². The molecule has 0 aromatic heterocycles. The topological polar surface area (TPSA) is 73.8 Å². The van der Waals surface area contributed by atoms with Crippen molar-refractivity contribution >= 4 is 34.3 Å². The fraction of sp³-hybridized carbons (Fsp3) is 0.318. The number of halogens is 2. The average molecular weight is 445 g/mol. The zero-order valence-corrected chi connectivity index (χ0v) is 17.9. The quantitative estimate of drug-likeness (QED) is 0.755. The average Bonchev–Trinajstić information content (AvgIpc) is 3.13. The monoisotopic (exact) mass is 444 g/mol. The molecule has 0 saturated carbocycles. The number of nitrogens with zero attached hydrogens (tertiary/aromatic N) is 2. The molecular formula is C22H22F2N4O2S. The molecule has 162 valence electrons. The summed E-state index contributed by atoms with van der Waals surface area (Å²) in [5.41, 5.74) is 1.71. The Bertz CT molecular complexity index is 1080. The van der Waals surface area contributed by atoms with Gasteiger partial charge in [0.25, 0.3) is 0 Å². The van der Waals surface area contributed by atoms with Crippen LogP contribution in [-0.4, -0.2) is 35.0 Å². The maximum atomic E-state index is 14.6. The summed E-state index contributed by atoms with van der Waals surface area (Å²) in [5, 5.41) is 12.3. The van der Waals surface area contributed by atoms with Crippen LogP contribution in [0.15, 0.2) is 47.6 Å². The molecule has 2 aromatic carbocycles. The summed E-state index contributed by atoms with van der Waals surface area (Å²) in [5.74, 6) is -1.78. The highest BCUT2D eigenvalue weighted by atomic mass is 32.2. The highest BCUT2D eigenvalue weighted by molar-refractivity contribution is 8.15. The molecule has 2 heterocycles. The van der Waals surface area contributed by atoms with Gasteiger partial charge in [0.1, 0.15) is 21.5 Å². The van der Waals surface area contributed by atoms with Crippen LogP contribution in [0, 0.1) is 17.6 Å². The van der Waals surface area contributed by atoms with Gasteiger partial charge in [0, 0.05) is 49.7 Å². The van der Waals surface area contributed by atoms with Crippen molar-refractivity contribution in [2.24, 2.45) is 11.0 Å². The second-order valence-electron chi connectivity index (χ2n) is 7.55. The Kier molecular flexibility index (Phi) is 5.70. The molecule has 2 N–H and O–H groups in total. The Hall–Kier alpha value is -2.94. The summed E-state index contributed by atoms with van der Waals surface area (Å²) in [6.45, 7) is 3.81. The van der Waals surface area contributed by atoms with Crippen LogP contribution >= 0.6 is 11.8 Å². The van der Waals surface area contributed by atoms with E-state index in [1.165, 1.54) is 30.6 Å². The fourth-order valence-electron chi connectivity index (χ4n) is 4.14. The minimum absolute atomic E-state index is 0.0183. The molecule has 4 rings (SSSR count). The summed E-state index contributed by atoms with van der Waals surface area (Å²) in [6.07, 6.45) is 0.562. The number of anilines is 1. The van der Waals surface area contributed by atoms with Crippen LogP contribution in [0.4, 0.5) is 14.5 Å². The zero-order chi connectivity index (χ0) is 22.2. The van der Waals surface area contributed by atoms with E-state index < -0.39 is 16.5 Å². The summed E-state index contributed by atoms with van der Waals surface area (Å²) < 4.78 is 28.5. The number of rotatable bonds is 4. The van der Waals surface area contributed by atoms with Crippen molar-refractivity contribution in [2.45, 2.75) is 25.1 Å². The molecule has 6 nitrogen and oxygen atoms in total. The van der Waals surface area contributed by atoms with E-state index in [1.54, 1.807) is 0 Å². The number of hydrogen-bond acceptors (Lipinski definition) is 5. The lowest BCUT2D eigenvalue weighted by Gasteiger charge is -2.46. The van der Waals surface area contributed by atoms with Crippen molar-refractivity contribution in [2.75, 3.05) is 18.4 Å². The van der Waals surface area contributed by atoms with E-state index in [4.69, 9.17) is 0 Å². The smallest absolute Gasteiger partial charge is 0.241 e. The van der Waals surface area contributed by atoms with Crippen LogP contribution < -0.4 is 10.6 Å². The molecule has 0 radical (unpaired) electrons. The van der Waals surface area contributed by atoms with Gasteiger partial charge in [0.05, 0.1) is 0 Å². The van der Waals surface area contributed by atoms with Crippen molar-refractivity contribution in [3.05, 3.63) is 65.2 Å². The number of fused-ring (bicyclic) bond motifs is 2. The van der Waals surface area contributed by atoms with E-state index in [0.29, 0.717) is 19.5 Å². The largest absolute Gasteiger partial charge is 0.384 e. The molecule has 2 unspecified atom stereocenters. The van der Waals surface area contributed by atoms with E-state index in [-0.39, 0.29) is 28.3 Å². The Morgan fingerprint density at radius 3 is 2.77 bits per heavy atom. The highest BCUT2D eigenvalue weighted by Gasteiger charge is 2.55. The maximum Gasteiger partial charge on any atom is 0.241 e. The lowest BCUT2D eigenvalue weighted by molar-refractivity contribution is -0.134. The van der Waals surface area contributed by atoms with Gasteiger partial charge in [-0.15, -0.1) is 0 Å². The molecule has 2 amide bonds. The van der Waals surface area contributed by atoms with Gasteiger partial charge in [-0.2, -0.15) is 5.10 Å². The molecule has 0 bridgehead atoms. The van der Waals surface area contributed by atoms with Crippen LogP contribution in [-0.2, 0) is 14.5 Å². The number of nitrogens with one attached hydrogen (secondary N) is 2. The molecule has 2 aliphatic rings. The van der Waals surface area contributed by atoms with Crippen molar-refractivity contribution < 1.29 is 18.4 Å². The maximum absolute atomic E-state index is 14.6. The Balaban J connectivity index is 1.82. The number of carbonyl (C=O) groups is 2. The first-order valence-electron chi connectivity index (χ1n) is 9.94. The third-order valence-corrected chi connectivity index (χ3v) is 7.02. The molecule has 9 heteroatoms.